The van der Waals surface area contributed by atoms with E-state index in [0.717, 1.165) is 83.5 Å². The van der Waals surface area contributed by atoms with Gasteiger partial charge in [-0.2, -0.15) is 0 Å². The number of hydrogen-bond acceptors (Lipinski definition) is 5. The largest absolute Gasteiger partial charge is 0.462 e. The molecule has 0 heterocycles. The van der Waals surface area contributed by atoms with Gasteiger partial charge >= 0.3 is 11.9 Å². The summed E-state index contributed by atoms with van der Waals surface area (Å²) < 4.78 is 17.4. The Labute approximate surface area is 409 Å². The Morgan fingerprint density at radius 3 is 1.17 bits per heavy atom. The van der Waals surface area contributed by atoms with Crippen molar-refractivity contribution < 1.29 is 23.8 Å². The fraction of sp³-hybridized carbons (Fsp3) is 0.738. The Hall–Kier alpha value is -2.92. The summed E-state index contributed by atoms with van der Waals surface area (Å²) in [6.07, 6.45) is 74.6. The van der Waals surface area contributed by atoms with Gasteiger partial charge in [-0.15, -0.1) is 0 Å². The first kappa shape index (κ1) is 63.1. The maximum absolute atomic E-state index is 12.8. The molecule has 380 valence electrons. The summed E-state index contributed by atoms with van der Waals surface area (Å²) in [6.45, 7) is 7.65. The molecule has 0 bridgehead atoms. The number of hydrogen-bond donors (Lipinski definition) is 0. The number of unbranched alkanes of at least 4 members (excludes halogenated alkanes) is 26. The lowest BCUT2D eigenvalue weighted by molar-refractivity contribution is -0.162. The maximum atomic E-state index is 12.8. The quantitative estimate of drug-likeness (QED) is 0.0346. The van der Waals surface area contributed by atoms with Crippen LogP contribution < -0.4 is 0 Å². The van der Waals surface area contributed by atoms with Crippen molar-refractivity contribution in [2.45, 2.75) is 271 Å². The lowest BCUT2D eigenvalue weighted by Gasteiger charge is -2.18. The molecule has 66 heavy (non-hydrogen) atoms. The average molecular weight is 920 g/mol. The zero-order chi connectivity index (χ0) is 47.7. The van der Waals surface area contributed by atoms with Gasteiger partial charge in [0.25, 0.3) is 0 Å². The molecule has 0 aliphatic rings. The summed E-state index contributed by atoms with van der Waals surface area (Å²) in [4.78, 5) is 25.5. The first-order valence-corrected chi connectivity index (χ1v) is 28.1. The highest BCUT2D eigenvalue weighted by Gasteiger charge is 2.17. The predicted molar refractivity (Wildman–Crippen MR) is 288 cm³/mol. The van der Waals surface area contributed by atoms with Crippen molar-refractivity contribution in [1.29, 1.82) is 0 Å². The van der Waals surface area contributed by atoms with Crippen molar-refractivity contribution in [2.24, 2.45) is 0 Å². The first-order valence-electron chi connectivity index (χ1n) is 28.1. The number of esters is 2. The summed E-state index contributed by atoms with van der Waals surface area (Å²) >= 11 is 0. The van der Waals surface area contributed by atoms with Crippen molar-refractivity contribution in [3.63, 3.8) is 0 Å². The van der Waals surface area contributed by atoms with E-state index < -0.39 is 6.10 Å². The monoisotopic (exact) mass is 919 g/mol. The molecular formula is C61H106O5. The van der Waals surface area contributed by atoms with E-state index in [1.54, 1.807) is 0 Å². The third-order valence-electron chi connectivity index (χ3n) is 11.9. The number of allylic oxidation sites excluding steroid dienone is 14. The fourth-order valence-electron chi connectivity index (χ4n) is 7.75. The summed E-state index contributed by atoms with van der Waals surface area (Å²) in [5, 5.41) is 0. The summed E-state index contributed by atoms with van der Waals surface area (Å²) in [7, 11) is 0. The van der Waals surface area contributed by atoms with Gasteiger partial charge in [0.2, 0.25) is 0 Å². The fourth-order valence-corrected chi connectivity index (χ4v) is 7.75. The number of rotatable bonds is 51. The number of carbonyl (C=O) groups excluding carboxylic acids is 2. The highest BCUT2D eigenvalue weighted by Crippen LogP contribution is 2.15. The van der Waals surface area contributed by atoms with E-state index in [1.165, 1.54) is 148 Å². The summed E-state index contributed by atoms with van der Waals surface area (Å²) in [6, 6.07) is 0. The van der Waals surface area contributed by atoms with Crippen LogP contribution in [0.2, 0.25) is 0 Å². The van der Waals surface area contributed by atoms with E-state index in [0.29, 0.717) is 19.4 Å². The van der Waals surface area contributed by atoms with Crippen molar-refractivity contribution >= 4 is 11.9 Å². The van der Waals surface area contributed by atoms with Gasteiger partial charge in [0, 0.05) is 19.4 Å². The highest BCUT2D eigenvalue weighted by atomic mass is 16.6. The SMILES string of the molecule is CC/C=C\C/C=C\C/C=C\C/C=C\C/C=C\CCCC(=O)O[C@H](COCCCCCCCCCCCCCCCCCC)COC(=O)CCCCCCCCC/C=C\C/C=C\CCCCC. The van der Waals surface area contributed by atoms with E-state index in [2.05, 4.69) is 106 Å². The Balaban J connectivity index is 4.37. The van der Waals surface area contributed by atoms with Crippen LogP contribution >= 0.6 is 0 Å². The molecule has 0 radical (unpaired) electrons. The molecule has 5 heteroatoms. The van der Waals surface area contributed by atoms with E-state index in [-0.39, 0.29) is 25.2 Å². The molecule has 0 N–H and O–H groups in total. The minimum absolute atomic E-state index is 0.0575. The molecule has 5 nitrogen and oxygen atoms in total. The van der Waals surface area contributed by atoms with Crippen LogP contribution in [0.15, 0.2) is 85.1 Å². The van der Waals surface area contributed by atoms with Gasteiger partial charge in [-0.25, -0.2) is 0 Å². The standard InChI is InChI=1S/C61H106O5/c1-4-7-10-13-16-19-22-25-28-31-33-36-39-42-45-48-51-54-60(62)65-58-59(57-64-56-53-50-47-44-41-38-35-30-27-24-21-18-15-12-9-6-3)66-61(63)55-52-49-46-43-40-37-34-32-29-26-23-20-17-14-11-8-5-2/h8,11,16-17,19-20,25-26,28-29,34,37,43,46,59H,4-7,9-10,12-15,18,21-24,27,30-33,35-36,38-42,44-45,47-58H2,1-3H3/b11-8-,19-16-,20-17-,28-25-,29-26-,37-34-,46-43-/t59-/m1/s1. The molecule has 0 aromatic heterocycles. The molecule has 0 aliphatic carbocycles. The molecule has 0 rings (SSSR count). The molecular weight excluding hydrogens is 813 g/mol. The molecule has 0 saturated carbocycles. The van der Waals surface area contributed by atoms with Gasteiger partial charge in [0.05, 0.1) is 6.61 Å². The normalized spacial score (nSPS) is 12.8. The van der Waals surface area contributed by atoms with Gasteiger partial charge in [-0.05, 0) is 89.9 Å². The van der Waals surface area contributed by atoms with Crippen molar-refractivity contribution in [3.8, 4) is 0 Å². The molecule has 1 atom stereocenters. The third-order valence-corrected chi connectivity index (χ3v) is 11.9. The van der Waals surface area contributed by atoms with E-state index in [1.807, 2.05) is 0 Å². The number of carbonyl (C=O) groups is 2. The van der Waals surface area contributed by atoms with Crippen LogP contribution in [-0.2, 0) is 23.8 Å². The van der Waals surface area contributed by atoms with Crippen molar-refractivity contribution in [2.75, 3.05) is 19.8 Å². The third kappa shape index (κ3) is 53.7. The average Bonchev–Trinajstić information content (AvgIpc) is 3.32. The number of ether oxygens (including phenoxy) is 3. The van der Waals surface area contributed by atoms with Crippen molar-refractivity contribution in [1.82, 2.24) is 0 Å². The molecule has 0 aromatic carbocycles. The van der Waals surface area contributed by atoms with Crippen LogP contribution in [0, 0.1) is 0 Å². The predicted octanol–water partition coefficient (Wildman–Crippen LogP) is 19.2. The van der Waals surface area contributed by atoms with Crippen LogP contribution in [0.25, 0.3) is 0 Å². The maximum Gasteiger partial charge on any atom is 0.306 e. The van der Waals surface area contributed by atoms with Gasteiger partial charge < -0.3 is 14.2 Å². The molecule has 0 amide bonds. The van der Waals surface area contributed by atoms with Gasteiger partial charge in [0.15, 0.2) is 6.10 Å². The smallest absolute Gasteiger partial charge is 0.306 e. The Kier molecular flexibility index (Phi) is 53.9. The molecule has 0 aromatic rings. The van der Waals surface area contributed by atoms with Crippen LogP contribution in [0.3, 0.4) is 0 Å². The topological polar surface area (TPSA) is 61.8 Å². The second-order valence-electron chi connectivity index (χ2n) is 18.5. The van der Waals surface area contributed by atoms with Gasteiger partial charge in [-0.1, -0.05) is 247 Å². The first-order chi connectivity index (χ1) is 32.6. The summed E-state index contributed by atoms with van der Waals surface area (Å²) in [5.41, 5.74) is 0. The lowest BCUT2D eigenvalue weighted by Crippen LogP contribution is -2.30. The molecule has 0 saturated heterocycles. The van der Waals surface area contributed by atoms with Gasteiger partial charge in [0.1, 0.15) is 6.61 Å². The van der Waals surface area contributed by atoms with Crippen LogP contribution in [-0.4, -0.2) is 37.9 Å². The zero-order valence-corrected chi connectivity index (χ0v) is 43.7. The Morgan fingerprint density at radius 2 is 0.697 bits per heavy atom. The lowest BCUT2D eigenvalue weighted by atomic mass is 10.0. The van der Waals surface area contributed by atoms with Crippen LogP contribution in [0.1, 0.15) is 265 Å². The Bertz CT molecular complexity index is 1220. The second-order valence-corrected chi connectivity index (χ2v) is 18.5. The highest BCUT2D eigenvalue weighted by molar-refractivity contribution is 5.70. The molecule has 0 spiro atoms. The second kappa shape index (κ2) is 56.4. The minimum atomic E-state index is -0.571. The zero-order valence-electron chi connectivity index (χ0n) is 43.7. The summed E-state index contributed by atoms with van der Waals surface area (Å²) in [5.74, 6) is -0.467. The van der Waals surface area contributed by atoms with E-state index in [4.69, 9.17) is 14.2 Å². The van der Waals surface area contributed by atoms with Crippen molar-refractivity contribution in [3.05, 3.63) is 85.1 Å². The van der Waals surface area contributed by atoms with Crippen LogP contribution in [0.4, 0.5) is 0 Å². The van der Waals surface area contributed by atoms with E-state index in [9.17, 15) is 9.59 Å². The molecule has 0 fully saturated rings. The van der Waals surface area contributed by atoms with Gasteiger partial charge in [-0.3, -0.25) is 9.59 Å². The molecule has 0 aliphatic heterocycles. The molecule has 0 unspecified atom stereocenters. The van der Waals surface area contributed by atoms with E-state index >= 15 is 0 Å². The van der Waals surface area contributed by atoms with Crippen LogP contribution in [0.5, 0.6) is 0 Å². The minimum Gasteiger partial charge on any atom is -0.462 e. The Morgan fingerprint density at radius 1 is 0.348 bits per heavy atom.